The maximum Gasteiger partial charge on any atom is 0.116 e. The highest BCUT2D eigenvalue weighted by Crippen LogP contribution is 2.39. The van der Waals surface area contributed by atoms with E-state index in [0.29, 0.717) is 12.0 Å². The molecule has 2 aromatic rings. The molecule has 1 fully saturated rings. The molecule has 92 valence electrons. The molecule has 1 aromatic carbocycles. The molecule has 0 bridgehead atoms. The molecule has 1 aliphatic rings. The molecule has 2 atom stereocenters. The summed E-state index contributed by atoms with van der Waals surface area (Å²) in [7, 11) is 0. The quantitative estimate of drug-likeness (QED) is 0.848. The molecular weight excluding hydrogens is 224 g/mol. The van der Waals surface area contributed by atoms with E-state index in [-0.39, 0.29) is 5.75 Å². The Kier molecular flexibility index (Phi) is 2.56. The van der Waals surface area contributed by atoms with Gasteiger partial charge in [0.05, 0.1) is 5.69 Å². The highest BCUT2D eigenvalue weighted by molar-refractivity contribution is 5.64. The minimum absolute atomic E-state index is 0.266. The third kappa shape index (κ3) is 1.97. The zero-order valence-electron chi connectivity index (χ0n) is 10.3. The van der Waals surface area contributed by atoms with Gasteiger partial charge in [0.2, 0.25) is 0 Å². The van der Waals surface area contributed by atoms with Crippen LogP contribution in [0.2, 0.25) is 0 Å². The van der Waals surface area contributed by atoms with E-state index >= 15 is 0 Å². The predicted molar refractivity (Wildman–Crippen MR) is 71.4 cm³/mol. The normalized spacial score (nSPS) is 21.9. The van der Waals surface area contributed by atoms with E-state index in [1.54, 1.807) is 12.1 Å². The lowest BCUT2D eigenvalue weighted by Gasteiger charge is -2.08. The van der Waals surface area contributed by atoms with Crippen molar-refractivity contribution >= 4 is 0 Å². The van der Waals surface area contributed by atoms with Crippen LogP contribution in [0.1, 0.15) is 23.5 Å². The first kappa shape index (κ1) is 11.2. The summed E-state index contributed by atoms with van der Waals surface area (Å²) in [5.74, 6) is 0.747. The molecule has 1 aliphatic carbocycles. The van der Waals surface area contributed by atoms with Crippen molar-refractivity contribution in [1.29, 1.82) is 0 Å². The van der Waals surface area contributed by atoms with Crippen molar-refractivity contribution in [3.63, 3.8) is 0 Å². The molecule has 0 radical (unpaired) electrons. The molecule has 1 heterocycles. The largest absolute Gasteiger partial charge is 0.508 e. The van der Waals surface area contributed by atoms with Gasteiger partial charge in [-0.15, -0.1) is 0 Å². The highest BCUT2D eigenvalue weighted by Gasteiger charge is 2.35. The van der Waals surface area contributed by atoms with Gasteiger partial charge < -0.3 is 10.8 Å². The molecular formula is C15H16N2O. The van der Waals surface area contributed by atoms with Crippen molar-refractivity contribution < 1.29 is 5.11 Å². The Morgan fingerprint density at radius 3 is 2.72 bits per heavy atom. The number of benzene rings is 1. The highest BCUT2D eigenvalue weighted by atomic mass is 16.3. The summed E-state index contributed by atoms with van der Waals surface area (Å²) in [6.07, 6.45) is 2.97. The molecule has 0 amide bonds. The molecule has 3 nitrogen and oxygen atoms in total. The predicted octanol–water partition coefficient (Wildman–Crippen LogP) is 2.58. The maximum absolute atomic E-state index is 9.51. The first-order chi connectivity index (χ1) is 8.65. The number of aromatic nitrogens is 1. The molecule has 1 saturated carbocycles. The van der Waals surface area contributed by atoms with Gasteiger partial charge in [-0.25, -0.2) is 0 Å². The van der Waals surface area contributed by atoms with E-state index in [1.165, 1.54) is 5.56 Å². The van der Waals surface area contributed by atoms with Crippen LogP contribution in [0.4, 0.5) is 0 Å². The minimum atomic E-state index is 0.266. The lowest BCUT2D eigenvalue weighted by molar-refractivity contribution is 0.475. The number of phenolic OH excluding ortho intramolecular Hbond substituents is 1. The zero-order valence-corrected chi connectivity index (χ0v) is 10.3. The summed E-state index contributed by atoms with van der Waals surface area (Å²) in [4.78, 5) is 4.52. The molecule has 0 aliphatic heterocycles. The van der Waals surface area contributed by atoms with Crippen LogP contribution in [0.15, 0.2) is 36.5 Å². The molecule has 1 aromatic heterocycles. The molecule has 3 heteroatoms. The van der Waals surface area contributed by atoms with Crippen LogP contribution in [0.3, 0.4) is 0 Å². The summed E-state index contributed by atoms with van der Waals surface area (Å²) in [5.41, 5.74) is 10.1. The smallest absolute Gasteiger partial charge is 0.116 e. The van der Waals surface area contributed by atoms with Gasteiger partial charge in [0, 0.05) is 23.7 Å². The Balaban J connectivity index is 1.98. The number of aryl methyl sites for hydroxylation is 1. The third-order valence-corrected chi connectivity index (χ3v) is 3.49. The van der Waals surface area contributed by atoms with E-state index in [9.17, 15) is 5.11 Å². The van der Waals surface area contributed by atoms with Gasteiger partial charge in [-0.1, -0.05) is 18.2 Å². The topological polar surface area (TPSA) is 59.1 Å². The van der Waals surface area contributed by atoms with Gasteiger partial charge >= 0.3 is 0 Å². The molecule has 0 saturated heterocycles. The second-order valence-corrected chi connectivity index (χ2v) is 4.99. The number of hydrogen-bond acceptors (Lipinski definition) is 3. The fraction of sp³-hybridized carbons (Fsp3) is 0.267. The Bertz CT molecular complexity index is 595. The number of pyridine rings is 1. The SMILES string of the molecule is Cc1cc([C@@H]2C[C@H]2N)cnc1-c1cccc(O)c1. The number of aromatic hydroxyl groups is 1. The van der Waals surface area contributed by atoms with Crippen LogP contribution < -0.4 is 5.73 Å². The van der Waals surface area contributed by atoms with Crippen LogP contribution in [-0.4, -0.2) is 16.1 Å². The maximum atomic E-state index is 9.51. The minimum Gasteiger partial charge on any atom is -0.508 e. The Hall–Kier alpha value is -1.87. The monoisotopic (exact) mass is 240 g/mol. The van der Waals surface area contributed by atoms with E-state index in [1.807, 2.05) is 25.3 Å². The Labute approximate surface area is 106 Å². The first-order valence-corrected chi connectivity index (χ1v) is 6.16. The van der Waals surface area contributed by atoms with Gasteiger partial charge in [-0.05, 0) is 36.6 Å². The van der Waals surface area contributed by atoms with E-state index in [4.69, 9.17) is 5.73 Å². The lowest BCUT2D eigenvalue weighted by atomic mass is 10.0. The van der Waals surface area contributed by atoms with E-state index < -0.39 is 0 Å². The van der Waals surface area contributed by atoms with Crippen LogP contribution in [0, 0.1) is 6.92 Å². The van der Waals surface area contributed by atoms with Crippen molar-refractivity contribution in [2.45, 2.75) is 25.3 Å². The van der Waals surface area contributed by atoms with Gasteiger partial charge in [0.15, 0.2) is 0 Å². The van der Waals surface area contributed by atoms with E-state index in [2.05, 4.69) is 11.1 Å². The Morgan fingerprint density at radius 1 is 1.33 bits per heavy atom. The average molecular weight is 240 g/mol. The third-order valence-electron chi connectivity index (χ3n) is 3.49. The van der Waals surface area contributed by atoms with Gasteiger partial charge in [-0.2, -0.15) is 0 Å². The fourth-order valence-corrected chi connectivity index (χ4v) is 2.35. The number of rotatable bonds is 2. The number of hydrogen-bond donors (Lipinski definition) is 2. The van der Waals surface area contributed by atoms with E-state index in [0.717, 1.165) is 23.2 Å². The van der Waals surface area contributed by atoms with Gasteiger partial charge in [0.25, 0.3) is 0 Å². The molecule has 3 rings (SSSR count). The summed E-state index contributed by atoms with van der Waals surface area (Å²) >= 11 is 0. The summed E-state index contributed by atoms with van der Waals surface area (Å²) < 4.78 is 0. The van der Waals surface area contributed by atoms with Crippen molar-refractivity contribution in [3.8, 4) is 17.0 Å². The van der Waals surface area contributed by atoms with Crippen molar-refractivity contribution in [2.75, 3.05) is 0 Å². The fourth-order valence-electron chi connectivity index (χ4n) is 2.35. The van der Waals surface area contributed by atoms with Crippen LogP contribution in [0.5, 0.6) is 5.75 Å². The first-order valence-electron chi connectivity index (χ1n) is 6.16. The van der Waals surface area contributed by atoms with Crippen molar-refractivity contribution in [1.82, 2.24) is 4.98 Å². The number of nitrogens with two attached hydrogens (primary N) is 1. The van der Waals surface area contributed by atoms with Gasteiger partial charge in [-0.3, -0.25) is 4.98 Å². The summed E-state index contributed by atoms with van der Waals surface area (Å²) in [5, 5.41) is 9.51. The Morgan fingerprint density at radius 2 is 2.11 bits per heavy atom. The number of nitrogens with zero attached hydrogens (tertiary/aromatic N) is 1. The molecule has 0 unspecified atom stereocenters. The van der Waals surface area contributed by atoms with Crippen molar-refractivity contribution in [2.24, 2.45) is 5.73 Å². The summed E-state index contributed by atoms with van der Waals surface area (Å²) in [6, 6.07) is 9.64. The molecule has 0 spiro atoms. The lowest BCUT2D eigenvalue weighted by Crippen LogP contribution is -2.01. The standard InChI is InChI=1S/C15H16N2O/c1-9-5-11(13-7-14(13)16)8-17-15(9)10-3-2-4-12(18)6-10/h2-6,8,13-14,18H,7,16H2,1H3/t13-,14+/m0/s1. The second-order valence-electron chi connectivity index (χ2n) is 4.99. The zero-order chi connectivity index (χ0) is 12.7. The molecule has 3 N–H and O–H groups in total. The average Bonchev–Trinajstić information content (AvgIpc) is 3.06. The van der Waals surface area contributed by atoms with Gasteiger partial charge in [0.1, 0.15) is 5.75 Å². The van der Waals surface area contributed by atoms with Crippen molar-refractivity contribution in [3.05, 3.63) is 47.7 Å². The summed E-state index contributed by atoms with van der Waals surface area (Å²) in [6.45, 7) is 2.05. The number of phenols is 1. The van der Waals surface area contributed by atoms with Crippen LogP contribution in [-0.2, 0) is 0 Å². The van der Waals surface area contributed by atoms with Crippen LogP contribution in [0.25, 0.3) is 11.3 Å². The second kappa shape index (κ2) is 4.10. The van der Waals surface area contributed by atoms with Crippen LogP contribution >= 0.6 is 0 Å². The molecule has 18 heavy (non-hydrogen) atoms.